The summed E-state index contributed by atoms with van der Waals surface area (Å²) >= 11 is 0. The fraction of sp³-hybridized carbons (Fsp3) is 0.467. The zero-order valence-corrected chi connectivity index (χ0v) is 13.5. The summed E-state index contributed by atoms with van der Waals surface area (Å²) in [6.45, 7) is 2.99. The van der Waals surface area contributed by atoms with E-state index in [1.165, 1.54) is 31.0 Å². The summed E-state index contributed by atoms with van der Waals surface area (Å²) < 4.78 is 44.1. The van der Waals surface area contributed by atoms with Gasteiger partial charge in [0, 0.05) is 24.8 Å². The lowest BCUT2D eigenvalue weighted by Crippen LogP contribution is -2.50. The van der Waals surface area contributed by atoms with Crippen LogP contribution in [0.1, 0.15) is 19.4 Å². The second-order valence-electron chi connectivity index (χ2n) is 4.77. The molecule has 0 radical (unpaired) electrons. The van der Waals surface area contributed by atoms with Crippen LogP contribution in [0.5, 0.6) is 0 Å². The van der Waals surface area contributed by atoms with Crippen LogP contribution in [0, 0.1) is 0 Å². The van der Waals surface area contributed by atoms with Gasteiger partial charge in [-0.3, -0.25) is 4.90 Å². The van der Waals surface area contributed by atoms with E-state index in [9.17, 15) is 27.9 Å². The second-order valence-corrected chi connectivity index (χ2v) is 4.77. The number of carbonyl (C=O) groups is 2. The predicted octanol–water partition coefficient (Wildman–Crippen LogP) is 2.17. The maximum atomic E-state index is 13.2. The molecule has 9 heteroatoms. The fourth-order valence-electron chi connectivity index (χ4n) is 2.09. The Hall–Kier alpha value is -2.29. The average Bonchev–Trinajstić information content (AvgIpc) is 2.54. The number of nitrogens with zero attached hydrogens (tertiary/aromatic N) is 1. The molecule has 134 valence electrons. The molecule has 2 N–H and O–H groups in total. The van der Waals surface area contributed by atoms with Gasteiger partial charge in [0.1, 0.15) is 0 Å². The number of rotatable bonds is 5. The number of esters is 1. The third-order valence-corrected chi connectivity index (χ3v) is 3.35. The summed E-state index contributed by atoms with van der Waals surface area (Å²) in [5.41, 5.74) is -4.15. The zero-order valence-electron chi connectivity index (χ0n) is 13.5. The molecule has 0 fully saturated rings. The number of carbonyl (C=O) groups excluding carboxylic acids is 2. The molecule has 0 aliphatic heterocycles. The van der Waals surface area contributed by atoms with Crippen molar-refractivity contribution in [3.63, 3.8) is 0 Å². The van der Waals surface area contributed by atoms with E-state index in [4.69, 9.17) is 0 Å². The molecule has 0 aliphatic rings. The Balaban J connectivity index is 3.29. The van der Waals surface area contributed by atoms with Gasteiger partial charge in [0.15, 0.2) is 0 Å². The fourth-order valence-corrected chi connectivity index (χ4v) is 2.09. The van der Waals surface area contributed by atoms with Gasteiger partial charge in [0.05, 0.1) is 6.61 Å². The van der Waals surface area contributed by atoms with Gasteiger partial charge in [-0.2, -0.15) is 13.2 Å². The number of halogens is 3. The minimum Gasteiger partial charge on any atom is -0.463 e. The van der Waals surface area contributed by atoms with Gasteiger partial charge in [-0.25, -0.2) is 9.59 Å². The number of urea groups is 1. The first-order valence-corrected chi connectivity index (χ1v) is 7.19. The Bertz CT molecular complexity index is 589. The van der Waals surface area contributed by atoms with Gasteiger partial charge in [-0.1, -0.05) is 12.1 Å². The van der Waals surface area contributed by atoms with Gasteiger partial charge in [-0.15, -0.1) is 0 Å². The summed E-state index contributed by atoms with van der Waals surface area (Å²) in [5, 5.41) is 12.4. The van der Waals surface area contributed by atoms with Crippen LogP contribution in [0.25, 0.3) is 0 Å². The number of amides is 2. The van der Waals surface area contributed by atoms with Crippen LogP contribution in [0.4, 0.5) is 23.7 Å². The first kappa shape index (κ1) is 19.8. The Kier molecular flexibility index (Phi) is 6.19. The molecule has 1 unspecified atom stereocenters. The molecule has 0 saturated heterocycles. The SMILES string of the molecule is CCOC(=O)C(O)(c1ccc(N(CC)C(=O)NC)cc1)C(F)(F)F. The largest absolute Gasteiger partial charge is 0.463 e. The topological polar surface area (TPSA) is 78.9 Å². The molecule has 0 aliphatic carbocycles. The van der Waals surface area contributed by atoms with E-state index >= 15 is 0 Å². The van der Waals surface area contributed by atoms with Crippen LogP contribution < -0.4 is 10.2 Å². The average molecular weight is 348 g/mol. The summed E-state index contributed by atoms with van der Waals surface area (Å²) in [6, 6.07) is 3.85. The van der Waals surface area contributed by atoms with E-state index in [1.807, 2.05) is 0 Å². The monoisotopic (exact) mass is 348 g/mol. The van der Waals surface area contributed by atoms with E-state index in [0.717, 1.165) is 12.1 Å². The summed E-state index contributed by atoms with van der Waals surface area (Å²) in [6.07, 6.45) is -5.26. The maximum absolute atomic E-state index is 13.2. The lowest BCUT2D eigenvalue weighted by Gasteiger charge is -2.29. The smallest absolute Gasteiger partial charge is 0.432 e. The van der Waals surface area contributed by atoms with Crippen molar-refractivity contribution in [2.24, 2.45) is 0 Å². The van der Waals surface area contributed by atoms with E-state index < -0.39 is 29.3 Å². The molecule has 1 aromatic carbocycles. The van der Waals surface area contributed by atoms with Crippen molar-refractivity contribution in [2.75, 3.05) is 25.1 Å². The van der Waals surface area contributed by atoms with Gasteiger partial charge < -0.3 is 15.2 Å². The highest BCUT2D eigenvalue weighted by atomic mass is 19.4. The summed E-state index contributed by atoms with van der Waals surface area (Å²) in [7, 11) is 1.42. The zero-order chi connectivity index (χ0) is 18.5. The molecule has 0 spiro atoms. The van der Waals surface area contributed by atoms with Crippen molar-refractivity contribution < 1.29 is 32.6 Å². The number of benzene rings is 1. The van der Waals surface area contributed by atoms with Crippen molar-refractivity contribution in [1.82, 2.24) is 5.32 Å². The van der Waals surface area contributed by atoms with Crippen molar-refractivity contribution in [2.45, 2.75) is 25.6 Å². The number of aliphatic hydroxyl groups is 1. The Morgan fingerprint density at radius 3 is 2.12 bits per heavy atom. The van der Waals surface area contributed by atoms with Crippen LogP contribution >= 0.6 is 0 Å². The number of nitrogens with one attached hydrogen (secondary N) is 1. The van der Waals surface area contributed by atoms with Crippen molar-refractivity contribution in [3.8, 4) is 0 Å². The molecule has 0 bridgehead atoms. The van der Waals surface area contributed by atoms with Crippen LogP contribution in [-0.2, 0) is 15.1 Å². The molecular formula is C15H19F3N2O4. The quantitative estimate of drug-likeness (QED) is 0.800. The molecule has 1 aromatic rings. The Labute approximate surface area is 137 Å². The summed E-state index contributed by atoms with van der Waals surface area (Å²) in [4.78, 5) is 24.6. The third-order valence-electron chi connectivity index (χ3n) is 3.35. The lowest BCUT2D eigenvalue weighted by molar-refractivity contribution is -0.267. The maximum Gasteiger partial charge on any atom is 0.432 e. The van der Waals surface area contributed by atoms with Crippen molar-refractivity contribution >= 4 is 17.7 Å². The van der Waals surface area contributed by atoms with E-state index in [2.05, 4.69) is 10.1 Å². The standard InChI is InChI=1S/C15H19F3N2O4/c1-4-20(13(22)19-3)11-8-6-10(7-9-11)14(23,15(16,17)18)12(21)24-5-2/h6-9,23H,4-5H2,1-3H3,(H,19,22). The minimum atomic E-state index is -5.26. The summed E-state index contributed by atoms with van der Waals surface area (Å²) in [5.74, 6) is -1.80. The van der Waals surface area contributed by atoms with Crippen LogP contribution in [0.2, 0.25) is 0 Å². The number of anilines is 1. The number of hydrogen-bond acceptors (Lipinski definition) is 4. The molecular weight excluding hydrogens is 329 g/mol. The minimum absolute atomic E-state index is 0.278. The number of alkyl halides is 3. The highest BCUT2D eigenvalue weighted by Crippen LogP contribution is 2.40. The van der Waals surface area contributed by atoms with Gasteiger partial charge in [0.2, 0.25) is 0 Å². The number of ether oxygens (including phenoxy) is 1. The molecule has 0 aromatic heterocycles. The molecule has 1 atom stereocenters. The first-order chi connectivity index (χ1) is 11.1. The molecule has 24 heavy (non-hydrogen) atoms. The van der Waals surface area contributed by atoms with Crippen LogP contribution in [-0.4, -0.2) is 43.5 Å². The van der Waals surface area contributed by atoms with Crippen LogP contribution in [0.3, 0.4) is 0 Å². The third kappa shape index (κ3) is 3.61. The normalized spacial score (nSPS) is 13.8. The molecule has 2 amide bonds. The van der Waals surface area contributed by atoms with Crippen molar-refractivity contribution in [1.29, 1.82) is 0 Å². The lowest BCUT2D eigenvalue weighted by atomic mass is 9.93. The van der Waals surface area contributed by atoms with Gasteiger partial charge in [-0.05, 0) is 26.0 Å². The predicted molar refractivity (Wildman–Crippen MR) is 80.5 cm³/mol. The molecule has 0 saturated carbocycles. The highest BCUT2D eigenvalue weighted by Gasteiger charge is 2.62. The van der Waals surface area contributed by atoms with E-state index in [1.54, 1.807) is 6.92 Å². The van der Waals surface area contributed by atoms with E-state index in [0.29, 0.717) is 5.69 Å². The molecule has 0 heterocycles. The Morgan fingerprint density at radius 2 is 1.75 bits per heavy atom. The number of hydrogen-bond donors (Lipinski definition) is 2. The second kappa shape index (κ2) is 7.52. The van der Waals surface area contributed by atoms with Gasteiger partial charge >= 0.3 is 18.2 Å². The highest BCUT2D eigenvalue weighted by molar-refractivity contribution is 5.91. The first-order valence-electron chi connectivity index (χ1n) is 7.19. The molecule has 6 nitrogen and oxygen atoms in total. The Morgan fingerprint density at radius 1 is 1.21 bits per heavy atom. The van der Waals surface area contributed by atoms with Crippen LogP contribution in [0.15, 0.2) is 24.3 Å². The van der Waals surface area contributed by atoms with E-state index in [-0.39, 0.29) is 13.2 Å². The van der Waals surface area contributed by atoms with Gasteiger partial charge in [0.25, 0.3) is 5.60 Å². The van der Waals surface area contributed by atoms with Crippen molar-refractivity contribution in [3.05, 3.63) is 29.8 Å². The molecule has 1 rings (SSSR count).